The van der Waals surface area contributed by atoms with Gasteiger partial charge in [-0.3, -0.25) is 4.90 Å². The number of likely N-dealkylation sites (N-methyl/N-ethyl adjacent to an activating group) is 1. The molecule has 0 heterocycles. The second kappa shape index (κ2) is 5.67. The molecule has 0 aromatic heterocycles. The zero-order valence-corrected chi connectivity index (χ0v) is 12.5. The number of nitrogens with zero attached hydrogens (tertiary/aromatic N) is 1. The van der Waals surface area contributed by atoms with Crippen molar-refractivity contribution < 1.29 is 12.8 Å². The molecule has 0 bridgehead atoms. The van der Waals surface area contributed by atoms with Crippen LogP contribution in [0.25, 0.3) is 0 Å². The Morgan fingerprint density at radius 2 is 2.15 bits per heavy atom. The van der Waals surface area contributed by atoms with E-state index in [0.29, 0.717) is 12.6 Å². The Bertz CT molecular complexity index is 587. The summed E-state index contributed by atoms with van der Waals surface area (Å²) in [6, 6.07) is 4.07. The number of hydrogen-bond acceptors (Lipinski definition) is 4. The fourth-order valence-corrected chi connectivity index (χ4v) is 3.14. The highest BCUT2D eigenvalue weighted by Gasteiger charge is 2.29. The van der Waals surface area contributed by atoms with Gasteiger partial charge in [-0.1, -0.05) is 0 Å². The topological polar surface area (TPSA) is 75.4 Å². The van der Waals surface area contributed by atoms with E-state index in [2.05, 4.69) is 9.62 Å². The predicted octanol–water partition coefficient (Wildman–Crippen LogP) is 1.17. The molecule has 2 rings (SSSR count). The summed E-state index contributed by atoms with van der Waals surface area (Å²) in [5.41, 5.74) is 5.22. The molecule has 1 unspecified atom stereocenters. The summed E-state index contributed by atoms with van der Waals surface area (Å²) in [5, 5.41) is 0. The third-order valence-corrected chi connectivity index (χ3v) is 5.09. The number of benzene rings is 1. The first kappa shape index (κ1) is 15.2. The molecule has 1 saturated carbocycles. The van der Waals surface area contributed by atoms with Crippen molar-refractivity contribution in [1.29, 1.82) is 0 Å². The van der Waals surface area contributed by atoms with Gasteiger partial charge in [-0.05, 0) is 45.0 Å². The summed E-state index contributed by atoms with van der Waals surface area (Å²) in [5.74, 6) is -0.620. The number of nitrogens with one attached hydrogen (secondary N) is 1. The molecule has 0 saturated heterocycles. The van der Waals surface area contributed by atoms with Crippen LogP contribution >= 0.6 is 0 Å². The monoisotopic (exact) mass is 301 g/mol. The maximum Gasteiger partial charge on any atom is 0.240 e. The Labute approximate surface area is 119 Å². The molecule has 0 amide bonds. The molecule has 112 valence electrons. The number of nitrogens with two attached hydrogens (primary N) is 1. The van der Waals surface area contributed by atoms with Crippen molar-refractivity contribution in [3.8, 4) is 0 Å². The lowest BCUT2D eigenvalue weighted by Crippen LogP contribution is -2.41. The summed E-state index contributed by atoms with van der Waals surface area (Å²) in [7, 11) is -1.66. The van der Waals surface area contributed by atoms with Crippen LogP contribution in [-0.2, 0) is 10.0 Å². The van der Waals surface area contributed by atoms with Gasteiger partial charge in [0.15, 0.2) is 0 Å². The summed E-state index contributed by atoms with van der Waals surface area (Å²) < 4.78 is 39.8. The highest BCUT2D eigenvalue weighted by Crippen LogP contribution is 2.26. The van der Waals surface area contributed by atoms with Crippen molar-refractivity contribution in [1.82, 2.24) is 9.62 Å². The summed E-state index contributed by atoms with van der Waals surface area (Å²) in [6.45, 7) is 2.28. The third-order valence-electron chi connectivity index (χ3n) is 3.66. The lowest BCUT2D eigenvalue weighted by atomic mass is 10.3. The smallest absolute Gasteiger partial charge is 0.240 e. The lowest BCUT2D eigenvalue weighted by molar-refractivity contribution is 0.248. The highest BCUT2D eigenvalue weighted by atomic mass is 32.2. The van der Waals surface area contributed by atoms with Gasteiger partial charge >= 0.3 is 0 Å². The SMILES string of the molecule is CC(CNS(=O)(=O)c1ccc(F)c(N)c1)N(C)C1CC1. The molecule has 1 aromatic carbocycles. The first-order chi connectivity index (χ1) is 9.31. The minimum atomic E-state index is -3.66. The summed E-state index contributed by atoms with van der Waals surface area (Å²) in [4.78, 5) is 2.15. The van der Waals surface area contributed by atoms with E-state index in [1.807, 2.05) is 14.0 Å². The minimum Gasteiger partial charge on any atom is -0.396 e. The molecule has 3 N–H and O–H groups in total. The average molecular weight is 301 g/mol. The molecule has 0 radical (unpaired) electrons. The molecule has 5 nitrogen and oxygen atoms in total. The third kappa shape index (κ3) is 3.47. The molecular weight excluding hydrogens is 281 g/mol. The minimum absolute atomic E-state index is 0.0160. The highest BCUT2D eigenvalue weighted by molar-refractivity contribution is 7.89. The summed E-state index contributed by atoms with van der Waals surface area (Å²) >= 11 is 0. The molecule has 1 aliphatic rings. The Hall–Kier alpha value is -1.18. The molecular formula is C13H20FN3O2S. The fourth-order valence-electron chi connectivity index (χ4n) is 1.99. The molecule has 1 aliphatic carbocycles. The Kier molecular flexibility index (Phi) is 4.31. The van der Waals surface area contributed by atoms with E-state index in [0.717, 1.165) is 12.1 Å². The van der Waals surface area contributed by atoms with Crippen LogP contribution in [0, 0.1) is 5.82 Å². The fraction of sp³-hybridized carbons (Fsp3) is 0.538. The van der Waals surface area contributed by atoms with Crippen molar-refractivity contribution in [2.45, 2.75) is 36.7 Å². The van der Waals surface area contributed by atoms with Crippen LogP contribution in [-0.4, -0.2) is 39.0 Å². The van der Waals surface area contributed by atoms with E-state index in [4.69, 9.17) is 5.73 Å². The van der Waals surface area contributed by atoms with Crippen molar-refractivity contribution in [3.05, 3.63) is 24.0 Å². The largest absolute Gasteiger partial charge is 0.396 e. The van der Waals surface area contributed by atoms with Crippen molar-refractivity contribution in [2.75, 3.05) is 19.3 Å². The van der Waals surface area contributed by atoms with E-state index < -0.39 is 15.8 Å². The lowest BCUT2D eigenvalue weighted by Gasteiger charge is -2.24. The zero-order chi connectivity index (χ0) is 14.9. The van der Waals surface area contributed by atoms with E-state index in [-0.39, 0.29) is 16.6 Å². The van der Waals surface area contributed by atoms with E-state index >= 15 is 0 Å². The second-order valence-electron chi connectivity index (χ2n) is 5.28. The van der Waals surface area contributed by atoms with Gasteiger partial charge in [0.1, 0.15) is 5.82 Å². The van der Waals surface area contributed by atoms with Gasteiger partial charge in [0, 0.05) is 18.6 Å². The van der Waals surface area contributed by atoms with E-state index in [1.54, 1.807) is 0 Å². The first-order valence-electron chi connectivity index (χ1n) is 6.58. The van der Waals surface area contributed by atoms with Crippen molar-refractivity contribution in [3.63, 3.8) is 0 Å². The van der Waals surface area contributed by atoms with Crippen LogP contribution in [0.3, 0.4) is 0 Å². The maximum absolute atomic E-state index is 13.1. The molecule has 20 heavy (non-hydrogen) atoms. The van der Waals surface area contributed by atoms with Gasteiger partial charge in [-0.25, -0.2) is 17.5 Å². The number of halogens is 1. The molecule has 0 spiro atoms. The predicted molar refractivity (Wildman–Crippen MR) is 76.2 cm³/mol. The quantitative estimate of drug-likeness (QED) is 0.773. The maximum atomic E-state index is 13.1. The van der Waals surface area contributed by atoms with Crippen LogP contribution in [0.1, 0.15) is 19.8 Å². The number of rotatable bonds is 6. The number of anilines is 1. The molecule has 1 aromatic rings. The molecule has 1 fully saturated rings. The first-order valence-corrected chi connectivity index (χ1v) is 8.06. The van der Waals surface area contributed by atoms with Gasteiger partial charge in [-0.2, -0.15) is 0 Å². The van der Waals surface area contributed by atoms with Gasteiger partial charge < -0.3 is 5.73 Å². The molecule has 7 heteroatoms. The van der Waals surface area contributed by atoms with Gasteiger partial charge in [0.25, 0.3) is 0 Å². The van der Waals surface area contributed by atoms with Crippen LogP contribution in [0.4, 0.5) is 10.1 Å². The number of nitrogen functional groups attached to an aromatic ring is 1. The van der Waals surface area contributed by atoms with Gasteiger partial charge in [0.05, 0.1) is 10.6 Å². The molecule has 1 atom stereocenters. The second-order valence-corrected chi connectivity index (χ2v) is 7.05. The Morgan fingerprint density at radius 1 is 1.50 bits per heavy atom. The number of hydrogen-bond donors (Lipinski definition) is 2. The van der Waals surface area contributed by atoms with Crippen LogP contribution in [0.2, 0.25) is 0 Å². The average Bonchev–Trinajstić information content (AvgIpc) is 3.22. The van der Waals surface area contributed by atoms with Gasteiger partial charge in [0.2, 0.25) is 10.0 Å². The number of sulfonamides is 1. The zero-order valence-electron chi connectivity index (χ0n) is 11.6. The normalized spacial score (nSPS) is 17.4. The molecule has 0 aliphatic heterocycles. The van der Waals surface area contributed by atoms with Crippen LogP contribution in [0.15, 0.2) is 23.1 Å². The Morgan fingerprint density at radius 3 is 2.70 bits per heavy atom. The summed E-state index contributed by atoms with van der Waals surface area (Å²) in [6.07, 6.45) is 2.34. The van der Waals surface area contributed by atoms with E-state index in [9.17, 15) is 12.8 Å². The van der Waals surface area contributed by atoms with Crippen LogP contribution in [0.5, 0.6) is 0 Å². The van der Waals surface area contributed by atoms with E-state index in [1.165, 1.54) is 18.9 Å². The van der Waals surface area contributed by atoms with Gasteiger partial charge in [-0.15, -0.1) is 0 Å². The van der Waals surface area contributed by atoms with Crippen molar-refractivity contribution >= 4 is 15.7 Å². The van der Waals surface area contributed by atoms with Crippen molar-refractivity contribution in [2.24, 2.45) is 0 Å². The standard InChI is InChI=1S/C13H20FN3O2S/c1-9(17(2)10-3-4-10)8-16-20(18,19)11-5-6-12(14)13(15)7-11/h5-7,9-10,16H,3-4,8,15H2,1-2H3. The Balaban J connectivity index is 2.01. The van der Waals surface area contributed by atoms with Crippen LogP contribution < -0.4 is 10.5 Å².